The molecule has 0 bridgehead atoms. The van der Waals surface area contributed by atoms with E-state index in [1.807, 2.05) is 18.2 Å². The lowest BCUT2D eigenvalue weighted by Crippen LogP contribution is -2.51. The molecule has 2 rings (SSSR count). The molecule has 0 amide bonds. The Labute approximate surface area is 137 Å². The molecule has 1 heterocycles. The summed E-state index contributed by atoms with van der Waals surface area (Å²) in [5.41, 5.74) is 0.567. The van der Waals surface area contributed by atoms with E-state index in [1.165, 1.54) is 22.7 Å². The van der Waals surface area contributed by atoms with Gasteiger partial charge in [-0.2, -0.15) is 17.0 Å². The first kappa shape index (κ1) is 17.7. The molecule has 1 N–H and O–H groups in total. The minimum absolute atomic E-state index is 0.0427. The van der Waals surface area contributed by atoms with Gasteiger partial charge in [-0.25, -0.2) is 0 Å². The summed E-state index contributed by atoms with van der Waals surface area (Å²) in [6.45, 7) is 0.785. The van der Waals surface area contributed by atoms with E-state index in [2.05, 4.69) is 0 Å². The van der Waals surface area contributed by atoms with Crippen LogP contribution < -0.4 is 0 Å². The fourth-order valence-corrected chi connectivity index (χ4v) is 4.47. The summed E-state index contributed by atoms with van der Waals surface area (Å²) in [7, 11) is -0.393. The smallest absolute Gasteiger partial charge is 0.281 e. The Hall–Kier alpha value is -0.660. The first-order valence-corrected chi connectivity index (χ1v) is 9.09. The van der Waals surface area contributed by atoms with Gasteiger partial charge < -0.3 is 5.11 Å². The molecular weight excluding hydrogens is 324 g/mol. The van der Waals surface area contributed by atoms with Crippen molar-refractivity contribution in [1.29, 1.82) is 0 Å². The van der Waals surface area contributed by atoms with Gasteiger partial charge in [-0.05, 0) is 37.0 Å². The molecule has 1 saturated heterocycles. The largest absolute Gasteiger partial charge is 0.396 e. The topological polar surface area (TPSA) is 60.9 Å². The van der Waals surface area contributed by atoms with E-state index in [1.54, 1.807) is 6.07 Å². The van der Waals surface area contributed by atoms with Gasteiger partial charge in [0, 0.05) is 37.6 Å². The van der Waals surface area contributed by atoms with Crippen molar-refractivity contribution >= 4 is 21.8 Å². The molecule has 22 heavy (non-hydrogen) atoms. The van der Waals surface area contributed by atoms with Crippen molar-refractivity contribution in [2.45, 2.75) is 19.3 Å². The van der Waals surface area contributed by atoms with Crippen LogP contribution in [0.1, 0.15) is 18.4 Å². The van der Waals surface area contributed by atoms with Crippen LogP contribution in [-0.2, 0) is 16.6 Å². The average Bonchev–Trinajstić information content (AvgIpc) is 2.47. The van der Waals surface area contributed by atoms with Crippen LogP contribution in [-0.4, -0.2) is 55.9 Å². The third-order valence-electron chi connectivity index (χ3n) is 4.22. The highest BCUT2D eigenvalue weighted by Crippen LogP contribution is 2.35. The second-order valence-corrected chi connectivity index (χ2v) is 8.77. The molecular formula is C15H23ClN2O3S. The number of hydrogen-bond acceptors (Lipinski definition) is 3. The number of rotatable bonds is 5. The van der Waals surface area contributed by atoms with E-state index in [0.29, 0.717) is 24.5 Å². The molecule has 1 aromatic rings. The Morgan fingerprint density at radius 3 is 2.73 bits per heavy atom. The van der Waals surface area contributed by atoms with Gasteiger partial charge in [0.25, 0.3) is 10.2 Å². The summed E-state index contributed by atoms with van der Waals surface area (Å²) >= 11 is 6.02. The summed E-state index contributed by atoms with van der Waals surface area (Å²) in [5, 5.41) is 10.6. The van der Waals surface area contributed by atoms with E-state index < -0.39 is 15.6 Å². The lowest BCUT2D eigenvalue weighted by Gasteiger charge is -2.42. The monoisotopic (exact) mass is 346 g/mol. The summed E-state index contributed by atoms with van der Waals surface area (Å²) in [6.07, 6.45) is 2.16. The first-order chi connectivity index (χ1) is 10.3. The number of hydrogen-bond donors (Lipinski definition) is 1. The third-order valence-corrected chi connectivity index (χ3v) is 6.34. The van der Waals surface area contributed by atoms with Gasteiger partial charge in [-0.3, -0.25) is 0 Å². The average molecular weight is 347 g/mol. The Kier molecular flexibility index (Phi) is 5.50. The molecule has 0 aromatic heterocycles. The van der Waals surface area contributed by atoms with Gasteiger partial charge in [0.05, 0.1) is 6.61 Å². The summed E-state index contributed by atoms with van der Waals surface area (Å²) in [6, 6.07) is 7.52. The number of benzene rings is 1. The molecule has 1 aliphatic heterocycles. The predicted molar refractivity (Wildman–Crippen MR) is 88.1 cm³/mol. The van der Waals surface area contributed by atoms with Crippen molar-refractivity contribution in [3.63, 3.8) is 0 Å². The molecule has 124 valence electrons. The van der Waals surface area contributed by atoms with Crippen LogP contribution >= 0.6 is 11.6 Å². The second kappa shape index (κ2) is 6.84. The van der Waals surface area contributed by atoms with Crippen LogP contribution in [0.4, 0.5) is 0 Å². The highest BCUT2D eigenvalue weighted by atomic mass is 35.5. The number of aliphatic hydroxyl groups excluding tert-OH is 1. The molecule has 7 heteroatoms. The Balaban J connectivity index is 2.22. The summed E-state index contributed by atoms with van der Waals surface area (Å²) < 4.78 is 27.4. The summed E-state index contributed by atoms with van der Waals surface area (Å²) in [4.78, 5) is 0. The Morgan fingerprint density at radius 2 is 2.14 bits per heavy atom. The molecule has 1 aliphatic rings. The van der Waals surface area contributed by atoms with Crippen molar-refractivity contribution < 1.29 is 13.5 Å². The number of halogens is 1. The van der Waals surface area contributed by atoms with Gasteiger partial charge in [0.1, 0.15) is 0 Å². The van der Waals surface area contributed by atoms with Gasteiger partial charge in [0.2, 0.25) is 0 Å². The zero-order valence-corrected chi connectivity index (χ0v) is 14.6. The van der Waals surface area contributed by atoms with Crippen LogP contribution in [0.2, 0.25) is 5.02 Å². The SMILES string of the molecule is CN(C)S(=O)(=O)N1CCC[C@@](CO)(Cc2cccc(Cl)c2)C1. The molecule has 0 saturated carbocycles. The predicted octanol–water partition coefficient (Wildman–Crippen LogP) is 1.76. The summed E-state index contributed by atoms with van der Waals surface area (Å²) in [5.74, 6) is 0. The zero-order valence-electron chi connectivity index (χ0n) is 13.0. The first-order valence-electron chi connectivity index (χ1n) is 7.32. The standard InChI is InChI=1S/C15H23ClN2O3S/c1-17(2)22(20,21)18-8-4-7-15(11-18,12-19)10-13-5-3-6-14(16)9-13/h3,5-6,9,19H,4,7-8,10-12H2,1-2H3/t15-/m1/s1. The molecule has 0 unspecified atom stereocenters. The van der Waals surface area contributed by atoms with Crippen molar-refractivity contribution in [2.24, 2.45) is 5.41 Å². The Bertz CT molecular complexity index is 621. The molecule has 1 fully saturated rings. The Morgan fingerprint density at radius 1 is 1.41 bits per heavy atom. The van der Waals surface area contributed by atoms with Gasteiger partial charge >= 0.3 is 0 Å². The van der Waals surface area contributed by atoms with E-state index >= 15 is 0 Å². The van der Waals surface area contributed by atoms with E-state index in [0.717, 1.165) is 18.4 Å². The molecule has 5 nitrogen and oxygen atoms in total. The third kappa shape index (κ3) is 3.81. The number of piperidine rings is 1. The maximum atomic E-state index is 12.3. The molecule has 0 aliphatic carbocycles. The van der Waals surface area contributed by atoms with Crippen molar-refractivity contribution in [3.8, 4) is 0 Å². The zero-order chi connectivity index (χ0) is 16.4. The van der Waals surface area contributed by atoms with E-state index in [9.17, 15) is 13.5 Å². The quantitative estimate of drug-likeness (QED) is 0.883. The lowest BCUT2D eigenvalue weighted by molar-refractivity contribution is 0.0628. The van der Waals surface area contributed by atoms with Crippen molar-refractivity contribution in [3.05, 3.63) is 34.9 Å². The molecule has 0 spiro atoms. The maximum absolute atomic E-state index is 12.3. The molecule has 1 aromatic carbocycles. The normalized spacial score (nSPS) is 23.9. The maximum Gasteiger partial charge on any atom is 0.281 e. The van der Waals surface area contributed by atoms with Crippen LogP contribution in [0.3, 0.4) is 0 Å². The molecule has 0 radical (unpaired) electrons. The lowest BCUT2D eigenvalue weighted by atomic mass is 9.76. The highest BCUT2D eigenvalue weighted by molar-refractivity contribution is 7.86. The fraction of sp³-hybridized carbons (Fsp3) is 0.600. The van der Waals surface area contributed by atoms with Crippen molar-refractivity contribution in [2.75, 3.05) is 33.8 Å². The highest BCUT2D eigenvalue weighted by Gasteiger charge is 2.40. The van der Waals surface area contributed by atoms with E-state index in [4.69, 9.17) is 11.6 Å². The molecule has 1 atom stereocenters. The van der Waals surface area contributed by atoms with Crippen LogP contribution in [0, 0.1) is 5.41 Å². The number of aliphatic hydroxyl groups is 1. The second-order valence-electron chi connectivity index (χ2n) is 6.19. The van der Waals surface area contributed by atoms with Crippen molar-refractivity contribution in [1.82, 2.24) is 8.61 Å². The van der Waals surface area contributed by atoms with Gasteiger partial charge in [-0.15, -0.1) is 0 Å². The fourth-order valence-electron chi connectivity index (χ4n) is 3.00. The van der Waals surface area contributed by atoms with Crippen LogP contribution in [0.25, 0.3) is 0 Å². The van der Waals surface area contributed by atoms with Crippen LogP contribution in [0.15, 0.2) is 24.3 Å². The minimum Gasteiger partial charge on any atom is -0.396 e. The van der Waals surface area contributed by atoms with Gasteiger partial charge in [0.15, 0.2) is 0 Å². The number of nitrogens with zero attached hydrogens (tertiary/aromatic N) is 2. The van der Waals surface area contributed by atoms with Crippen LogP contribution in [0.5, 0.6) is 0 Å². The van der Waals surface area contributed by atoms with E-state index in [-0.39, 0.29) is 6.61 Å². The minimum atomic E-state index is -3.45. The van der Waals surface area contributed by atoms with Gasteiger partial charge in [-0.1, -0.05) is 23.7 Å².